The highest BCUT2D eigenvalue weighted by Gasteiger charge is 2.49. The van der Waals surface area contributed by atoms with E-state index in [4.69, 9.17) is 0 Å². The summed E-state index contributed by atoms with van der Waals surface area (Å²) in [5, 5.41) is 9.48. The predicted octanol–water partition coefficient (Wildman–Crippen LogP) is 3.94. The molecule has 1 saturated heterocycles. The fraction of sp³-hybridized carbons (Fsp3) is 0.222. The second-order valence-electron chi connectivity index (χ2n) is 9.04. The Hall–Kier alpha value is -3.97. The summed E-state index contributed by atoms with van der Waals surface area (Å²) in [6, 6.07) is 23.6. The van der Waals surface area contributed by atoms with Crippen molar-refractivity contribution in [3.63, 3.8) is 0 Å². The molecule has 4 aromatic rings. The first-order valence-electron chi connectivity index (χ1n) is 11.3. The van der Waals surface area contributed by atoms with Crippen molar-refractivity contribution < 1.29 is 9.59 Å². The first-order chi connectivity index (χ1) is 16.4. The molecule has 34 heavy (non-hydrogen) atoms. The summed E-state index contributed by atoms with van der Waals surface area (Å²) in [6.45, 7) is 3.23. The quantitative estimate of drug-likeness (QED) is 0.430. The molecule has 1 fully saturated rings. The van der Waals surface area contributed by atoms with Gasteiger partial charge < -0.3 is 5.32 Å². The number of carbonyl (C=O) groups is 2. The zero-order valence-corrected chi connectivity index (χ0v) is 19.3. The van der Waals surface area contributed by atoms with Crippen molar-refractivity contribution in [1.82, 2.24) is 24.9 Å². The van der Waals surface area contributed by atoms with Crippen LogP contribution in [0.15, 0.2) is 85.2 Å². The Labute approximate surface area is 198 Å². The van der Waals surface area contributed by atoms with Gasteiger partial charge in [0.1, 0.15) is 5.54 Å². The van der Waals surface area contributed by atoms with Crippen LogP contribution in [0.1, 0.15) is 23.6 Å². The minimum atomic E-state index is -1.09. The maximum Gasteiger partial charge on any atom is 0.326 e. The molecule has 0 spiro atoms. The molecule has 1 aromatic heterocycles. The number of rotatable bonds is 7. The van der Waals surface area contributed by atoms with E-state index in [1.54, 1.807) is 6.92 Å². The van der Waals surface area contributed by atoms with Crippen molar-refractivity contribution in [2.45, 2.75) is 25.6 Å². The second kappa shape index (κ2) is 8.76. The third-order valence-electron chi connectivity index (χ3n) is 6.31. The van der Waals surface area contributed by atoms with E-state index in [1.807, 2.05) is 89.7 Å². The van der Waals surface area contributed by atoms with Gasteiger partial charge in [-0.3, -0.25) is 14.4 Å². The number of carbonyl (C=O) groups excluding carboxylic acids is 2. The van der Waals surface area contributed by atoms with E-state index in [0.717, 1.165) is 21.9 Å². The number of aromatic nitrogens is 2. The summed E-state index contributed by atoms with van der Waals surface area (Å²) in [4.78, 5) is 29.4. The maximum atomic E-state index is 13.4. The molecule has 0 unspecified atom stereocenters. The lowest BCUT2D eigenvalue weighted by molar-refractivity contribution is -0.132. The van der Waals surface area contributed by atoms with Crippen LogP contribution in [0.4, 0.5) is 4.79 Å². The van der Waals surface area contributed by atoms with Gasteiger partial charge in [0.05, 0.1) is 19.4 Å². The third-order valence-corrected chi connectivity index (χ3v) is 6.31. The SMILES string of the molecule is CN(Cc1cnn(Cc2ccccc2)c1)CN1C(=O)N[C@](C)(c2ccc3ccccc3c2)C1=O. The molecule has 1 atom stereocenters. The summed E-state index contributed by atoms with van der Waals surface area (Å²) < 4.78 is 1.89. The van der Waals surface area contributed by atoms with Gasteiger partial charge in [-0.2, -0.15) is 5.10 Å². The van der Waals surface area contributed by atoms with E-state index in [2.05, 4.69) is 22.5 Å². The van der Waals surface area contributed by atoms with Crippen molar-refractivity contribution >= 4 is 22.7 Å². The van der Waals surface area contributed by atoms with Gasteiger partial charge in [-0.15, -0.1) is 0 Å². The van der Waals surface area contributed by atoms with Gasteiger partial charge in [-0.05, 0) is 41.9 Å². The molecule has 3 amide bonds. The smallest absolute Gasteiger partial charge is 0.319 e. The second-order valence-corrected chi connectivity index (χ2v) is 9.04. The Bertz CT molecular complexity index is 1350. The molecule has 7 heteroatoms. The molecule has 1 N–H and O–H groups in total. The molecule has 0 saturated carbocycles. The molecule has 2 heterocycles. The van der Waals surface area contributed by atoms with E-state index in [-0.39, 0.29) is 18.6 Å². The minimum Gasteiger partial charge on any atom is -0.319 e. The standard InChI is InChI=1S/C27H27N5O2/c1-27(24-13-12-22-10-6-7-11-23(22)14-24)25(33)32(26(34)29-27)19-30(2)16-21-15-28-31(18-21)17-20-8-4-3-5-9-20/h3-15,18H,16-17,19H2,1-2H3,(H,29,34)/t27-/m1/s1. The highest BCUT2D eigenvalue weighted by Crippen LogP contribution is 2.31. The Morgan fingerprint density at radius 1 is 0.941 bits per heavy atom. The summed E-state index contributed by atoms with van der Waals surface area (Å²) in [5.74, 6) is -0.251. The largest absolute Gasteiger partial charge is 0.326 e. The topological polar surface area (TPSA) is 70.5 Å². The molecule has 0 bridgehead atoms. The molecule has 0 radical (unpaired) electrons. The van der Waals surface area contributed by atoms with Crippen LogP contribution in [0.2, 0.25) is 0 Å². The van der Waals surface area contributed by atoms with Gasteiger partial charge in [-0.25, -0.2) is 9.69 Å². The molecular formula is C27H27N5O2. The van der Waals surface area contributed by atoms with E-state index in [0.29, 0.717) is 13.1 Å². The molecule has 7 nitrogen and oxygen atoms in total. The fourth-order valence-corrected chi connectivity index (χ4v) is 4.47. The summed E-state index contributed by atoms with van der Waals surface area (Å²) in [6.07, 6.45) is 3.82. The van der Waals surface area contributed by atoms with E-state index < -0.39 is 5.54 Å². The number of benzene rings is 3. The molecule has 5 rings (SSSR count). The Morgan fingerprint density at radius 3 is 2.47 bits per heavy atom. The molecule has 1 aliphatic rings. The van der Waals surface area contributed by atoms with Gasteiger partial charge in [0.2, 0.25) is 0 Å². The number of amides is 3. The number of hydrogen-bond acceptors (Lipinski definition) is 4. The Balaban J connectivity index is 1.26. The van der Waals surface area contributed by atoms with Crippen LogP contribution in [0.25, 0.3) is 10.8 Å². The van der Waals surface area contributed by atoms with Gasteiger partial charge in [-0.1, -0.05) is 66.7 Å². The van der Waals surface area contributed by atoms with Crippen molar-refractivity contribution in [3.8, 4) is 0 Å². The van der Waals surface area contributed by atoms with Crippen LogP contribution in [-0.2, 0) is 23.4 Å². The average Bonchev–Trinajstić information content (AvgIpc) is 3.36. The van der Waals surface area contributed by atoms with Crippen molar-refractivity contribution in [3.05, 3.63) is 102 Å². The van der Waals surface area contributed by atoms with E-state index in [9.17, 15) is 9.59 Å². The lowest BCUT2D eigenvalue weighted by atomic mass is 9.90. The van der Waals surface area contributed by atoms with Crippen molar-refractivity contribution in [2.75, 3.05) is 13.7 Å². The fourth-order valence-electron chi connectivity index (χ4n) is 4.47. The minimum absolute atomic E-state index is 0.192. The lowest BCUT2D eigenvalue weighted by Gasteiger charge is -2.25. The van der Waals surface area contributed by atoms with Crippen molar-refractivity contribution in [1.29, 1.82) is 0 Å². The van der Waals surface area contributed by atoms with Crippen LogP contribution in [0, 0.1) is 0 Å². The van der Waals surface area contributed by atoms with Crippen LogP contribution >= 0.6 is 0 Å². The summed E-state index contributed by atoms with van der Waals surface area (Å²) in [5.41, 5.74) is 1.88. The van der Waals surface area contributed by atoms with Crippen LogP contribution < -0.4 is 5.32 Å². The summed E-state index contributed by atoms with van der Waals surface area (Å²) >= 11 is 0. The molecule has 0 aliphatic carbocycles. The van der Waals surface area contributed by atoms with Gasteiger partial charge >= 0.3 is 6.03 Å². The number of nitrogens with one attached hydrogen (secondary N) is 1. The van der Waals surface area contributed by atoms with Gasteiger partial charge in [0.15, 0.2) is 0 Å². The third kappa shape index (κ3) is 4.18. The first kappa shape index (κ1) is 21.9. The molecule has 3 aromatic carbocycles. The number of nitrogens with zero attached hydrogens (tertiary/aromatic N) is 4. The number of imide groups is 1. The monoisotopic (exact) mass is 453 g/mol. The zero-order valence-electron chi connectivity index (χ0n) is 19.3. The van der Waals surface area contributed by atoms with Gasteiger partial charge in [0, 0.05) is 18.3 Å². The van der Waals surface area contributed by atoms with E-state index in [1.165, 1.54) is 10.5 Å². The Kier molecular flexibility index (Phi) is 5.63. The van der Waals surface area contributed by atoms with Crippen molar-refractivity contribution in [2.24, 2.45) is 0 Å². The zero-order chi connectivity index (χ0) is 23.7. The van der Waals surface area contributed by atoms with Crippen LogP contribution in [0.3, 0.4) is 0 Å². The molecular weight excluding hydrogens is 426 g/mol. The van der Waals surface area contributed by atoms with Crippen LogP contribution in [-0.4, -0.2) is 45.2 Å². The normalized spacial score (nSPS) is 18.1. The highest BCUT2D eigenvalue weighted by molar-refractivity contribution is 6.07. The van der Waals surface area contributed by atoms with Gasteiger partial charge in [0.25, 0.3) is 5.91 Å². The summed E-state index contributed by atoms with van der Waals surface area (Å²) in [7, 11) is 1.89. The Morgan fingerprint density at radius 2 is 1.68 bits per heavy atom. The predicted molar refractivity (Wildman–Crippen MR) is 131 cm³/mol. The number of hydrogen-bond donors (Lipinski definition) is 1. The first-order valence-corrected chi connectivity index (χ1v) is 11.3. The average molecular weight is 454 g/mol. The number of urea groups is 1. The number of fused-ring (bicyclic) bond motifs is 1. The lowest BCUT2D eigenvalue weighted by Crippen LogP contribution is -2.42. The highest BCUT2D eigenvalue weighted by atomic mass is 16.2. The maximum absolute atomic E-state index is 13.4. The van der Waals surface area contributed by atoms with E-state index >= 15 is 0 Å². The molecule has 1 aliphatic heterocycles. The molecule has 172 valence electrons. The van der Waals surface area contributed by atoms with Crippen LogP contribution in [0.5, 0.6) is 0 Å².